The molecule has 0 amide bonds. The monoisotopic (exact) mass is 267 g/mol. The zero-order chi connectivity index (χ0) is 13.7. The van der Waals surface area contributed by atoms with E-state index in [4.69, 9.17) is 17.0 Å². The second-order valence-corrected chi connectivity index (χ2v) is 4.58. The van der Waals surface area contributed by atoms with Gasteiger partial charge in [-0.2, -0.15) is 0 Å². The highest BCUT2D eigenvalue weighted by Gasteiger charge is 2.18. The number of aromatic hydroxyl groups is 1. The number of ketones is 1. The number of benzene rings is 1. The van der Waals surface area contributed by atoms with Crippen LogP contribution in [0.4, 0.5) is 0 Å². The quantitative estimate of drug-likeness (QED) is 0.845. The third-order valence-electron chi connectivity index (χ3n) is 2.52. The van der Waals surface area contributed by atoms with Crippen LogP contribution in [0.25, 0.3) is 0 Å². The lowest BCUT2D eigenvalue weighted by Crippen LogP contribution is -2.26. The first-order chi connectivity index (χ1) is 8.41. The third-order valence-corrected chi connectivity index (χ3v) is 3.01. The minimum absolute atomic E-state index is 0.00208. The number of hydrogen-bond acceptors (Lipinski definition) is 4. The Morgan fingerprint density at radius 3 is 2.39 bits per heavy atom. The fourth-order valence-corrected chi connectivity index (χ4v) is 1.51. The molecule has 5 heteroatoms. The first kappa shape index (κ1) is 14.4. The van der Waals surface area contributed by atoms with E-state index in [0.29, 0.717) is 5.17 Å². The Labute approximate surface area is 112 Å². The number of rotatable bonds is 4. The van der Waals surface area contributed by atoms with Gasteiger partial charge in [-0.05, 0) is 36.8 Å². The lowest BCUT2D eigenvalue weighted by atomic mass is 9.96. The maximum absolute atomic E-state index is 11.6. The predicted octanol–water partition coefficient (Wildman–Crippen LogP) is 1.93. The second kappa shape index (κ2) is 6.35. The van der Waals surface area contributed by atoms with Crippen LogP contribution in [0.2, 0.25) is 0 Å². The Balaban J connectivity index is 2.75. The van der Waals surface area contributed by atoms with Crippen molar-refractivity contribution in [3.8, 4) is 5.75 Å². The standard InChI is InChI=1S/C13H17NO3S/c1-9(15)12(8-17-13(18)14(2)3)10-4-6-11(16)7-5-10/h4-7,12,16H,8H2,1-3H3. The molecule has 0 aliphatic rings. The van der Waals surface area contributed by atoms with Crippen LogP contribution in [0.1, 0.15) is 18.4 Å². The molecular weight excluding hydrogens is 250 g/mol. The van der Waals surface area contributed by atoms with Crippen LogP contribution >= 0.6 is 12.2 Å². The van der Waals surface area contributed by atoms with Crippen LogP contribution < -0.4 is 0 Å². The third kappa shape index (κ3) is 4.00. The molecule has 0 aliphatic carbocycles. The average Bonchev–Trinajstić information content (AvgIpc) is 2.30. The molecule has 0 saturated carbocycles. The SMILES string of the molecule is CC(=O)C(COC(=S)N(C)C)c1ccc(O)cc1. The van der Waals surface area contributed by atoms with Crippen LogP contribution in [-0.4, -0.2) is 41.7 Å². The van der Waals surface area contributed by atoms with Gasteiger partial charge in [-0.25, -0.2) is 0 Å². The van der Waals surface area contributed by atoms with Gasteiger partial charge in [0.2, 0.25) is 0 Å². The van der Waals surface area contributed by atoms with E-state index in [1.807, 2.05) is 0 Å². The summed E-state index contributed by atoms with van der Waals surface area (Å²) in [6, 6.07) is 6.53. The largest absolute Gasteiger partial charge is 0.508 e. The molecule has 98 valence electrons. The van der Waals surface area contributed by atoms with Crippen molar-refractivity contribution in [2.45, 2.75) is 12.8 Å². The Kier molecular flexibility index (Phi) is 5.09. The molecule has 1 rings (SSSR count). The molecule has 1 atom stereocenters. The van der Waals surface area contributed by atoms with E-state index < -0.39 is 0 Å². The van der Waals surface area contributed by atoms with Crippen molar-refractivity contribution in [1.82, 2.24) is 4.90 Å². The molecule has 0 aromatic heterocycles. The summed E-state index contributed by atoms with van der Waals surface area (Å²) in [6.07, 6.45) is 0. The van der Waals surface area contributed by atoms with E-state index >= 15 is 0 Å². The van der Waals surface area contributed by atoms with Gasteiger partial charge in [0.15, 0.2) is 0 Å². The Morgan fingerprint density at radius 1 is 1.39 bits per heavy atom. The Bertz CT molecular complexity index is 428. The minimum Gasteiger partial charge on any atom is -0.508 e. The van der Waals surface area contributed by atoms with Gasteiger partial charge in [0.05, 0.1) is 5.92 Å². The van der Waals surface area contributed by atoms with Gasteiger partial charge < -0.3 is 14.7 Å². The maximum Gasteiger partial charge on any atom is 0.258 e. The summed E-state index contributed by atoms with van der Waals surface area (Å²) in [5, 5.41) is 9.57. The Morgan fingerprint density at radius 2 is 1.94 bits per heavy atom. The van der Waals surface area contributed by atoms with Crippen LogP contribution in [0, 0.1) is 0 Å². The summed E-state index contributed by atoms with van der Waals surface area (Å²) in [7, 11) is 3.57. The summed E-state index contributed by atoms with van der Waals surface area (Å²) < 4.78 is 5.39. The van der Waals surface area contributed by atoms with E-state index in [0.717, 1.165) is 5.56 Å². The first-order valence-corrected chi connectivity index (χ1v) is 5.96. The number of hydrogen-bond donors (Lipinski definition) is 1. The zero-order valence-electron chi connectivity index (χ0n) is 10.7. The van der Waals surface area contributed by atoms with E-state index in [1.165, 1.54) is 6.92 Å². The zero-order valence-corrected chi connectivity index (χ0v) is 11.5. The van der Waals surface area contributed by atoms with Crippen molar-refractivity contribution in [1.29, 1.82) is 0 Å². The minimum atomic E-state index is -0.372. The molecular formula is C13H17NO3S. The summed E-state index contributed by atoms with van der Waals surface area (Å²) in [5.74, 6) is -0.198. The fourth-order valence-electron chi connectivity index (χ4n) is 1.44. The number of carbonyl (C=O) groups excluding carboxylic acids is 1. The van der Waals surface area contributed by atoms with Crippen molar-refractivity contribution in [2.75, 3.05) is 20.7 Å². The molecule has 0 fully saturated rings. The molecule has 4 nitrogen and oxygen atoms in total. The molecule has 1 N–H and O–H groups in total. The van der Waals surface area contributed by atoms with E-state index in [9.17, 15) is 9.90 Å². The van der Waals surface area contributed by atoms with Crippen molar-refractivity contribution < 1.29 is 14.6 Å². The highest BCUT2D eigenvalue weighted by atomic mass is 32.1. The van der Waals surface area contributed by atoms with E-state index in [2.05, 4.69) is 0 Å². The average molecular weight is 267 g/mol. The van der Waals surface area contributed by atoms with Gasteiger partial charge in [0.1, 0.15) is 18.1 Å². The number of ether oxygens (including phenoxy) is 1. The summed E-state index contributed by atoms with van der Waals surface area (Å²) in [6.45, 7) is 1.72. The normalized spacial score (nSPS) is 11.7. The van der Waals surface area contributed by atoms with Gasteiger partial charge in [0, 0.05) is 14.1 Å². The number of carbonyl (C=O) groups is 1. The topological polar surface area (TPSA) is 49.8 Å². The fraction of sp³-hybridized carbons (Fsp3) is 0.385. The number of thiocarbonyl (C=S) groups is 1. The molecule has 0 bridgehead atoms. The summed E-state index contributed by atoms with van der Waals surface area (Å²) >= 11 is 5.01. The lowest BCUT2D eigenvalue weighted by Gasteiger charge is -2.19. The first-order valence-electron chi connectivity index (χ1n) is 5.55. The van der Waals surface area contributed by atoms with Crippen molar-refractivity contribution in [2.24, 2.45) is 0 Å². The number of nitrogens with zero attached hydrogens (tertiary/aromatic N) is 1. The molecule has 0 radical (unpaired) electrons. The predicted molar refractivity (Wildman–Crippen MR) is 73.8 cm³/mol. The molecule has 0 spiro atoms. The van der Waals surface area contributed by atoms with Gasteiger partial charge in [-0.15, -0.1) is 0 Å². The highest BCUT2D eigenvalue weighted by Crippen LogP contribution is 2.20. The van der Waals surface area contributed by atoms with Crippen molar-refractivity contribution in [3.63, 3.8) is 0 Å². The van der Waals surface area contributed by atoms with Gasteiger partial charge in [0.25, 0.3) is 5.17 Å². The van der Waals surface area contributed by atoms with E-state index in [1.54, 1.807) is 43.3 Å². The summed E-state index contributed by atoms with van der Waals surface area (Å²) in [5.41, 5.74) is 0.807. The number of phenolic OH excluding ortho intramolecular Hbond substituents is 1. The van der Waals surface area contributed by atoms with Gasteiger partial charge in [-0.3, -0.25) is 4.79 Å². The Hall–Kier alpha value is -1.62. The van der Waals surface area contributed by atoms with Crippen LogP contribution in [-0.2, 0) is 9.53 Å². The molecule has 0 saturated heterocycles. The highest BCUT2D eigenvalue weighted by molar-refractivity contribution is 7.80. The number of phenols is 1. The lowest BCUT2D eigenvalue weighted by molar-refractivity contribution is -0.119. The smallest absolute Gasteiger partial charge is 0.258 e. The molecule has 0 heterocycles. The van der Waals surface area contributed by atoms with Gasteiger partial charge >= 0.3 is 0 Å². The van der Waals surface area contributed by atoms with E-state index in [-0.39, 0.29) is 24.1 Å². The molecule has 1 aromatic carbocycles. The molecule has 18 heavy (non-hydrogen) atoms. The second-order valence-electron chi connectivity index (χ2n) is 4.23. The van der Waals surface area contributed by atoms with Gasteiger partial charge in [-0.1, -0.05) is 12.1 Å². The summed E-state index contributed by atoms with van der Waals surface area (Å²) in [4.78, 5) is 13.3. The maximum atomic E-state index is 11.6. The molecule has 1 unspecified atom stereocenters. The van der Waals surface area contributed by atoms with Crippen molar-refractivity contribution >= 4 is 23.2 Å². The van der Waals surface area contributed by atoms with Crippen molar-refractivity contribution in [3.05, 3.63) is 29.8 Å². The molecule has 1 aromatic rings. The molecule has 0 aliphatic heterocycles. The number of Topliss-reactive ketones (excluding diaryl/α,β-unsaturated/α-hetero) is 1. The van der Waals surface area contributed by atoms with Crippen LogP contribution in [0.3, 0.4) is 0 Å². The van der Waals surface area contributed by atoms with Crippen LogP contribution in [0.15, 0.2) is 24.3 Å². The van der Waals surface area contributed by atoms with Crippen LogP contribution in [0.5, 0.6) is 5.75 Å².